The molecule has 2 fully saturated rings. The molecule has 614 valence electrons. The summed E-state index contributed by atoms with van der Waals surface area (Å²) >= 11 is -0.826. The van der Waals surface area contributed by atoms with Gasteiger partial charge in [-0.15, -0.1) is 0 Å². The third kappa shape index (κ3) is 19.8. The molecule has 0 aromatic heterocycles. The molecule has 0 amide bonds. The number of rotatable bonds is 9. The van der Waals surface area contributed by atoms with Crippen LogP contribution in [0.15, 0.2) is 155 Å². The molecule has 6 aliphatic rings. The van der Waals surface area contributed by atoms with Crippen molar-refractivity contribution >= 4 is 57.9 Å². The van der Waals surface area contributed by atoms with Gasteiger partial charge < -0.3 is 24.3 Å². The van der Waals surface area contributed by atoms with Gasteiger partial charge in [-0.25, -0.2) is 0 Å². The van der Waals surface area contributed by atoms with E-state index < -0.39 is 28.9 Å². The normalized spacial score (nSPS) is 22.5. The van der Waals surface area contributed by atoms with E-state index in [0.717, 1.165) is 17.0 Å². The van der Waals surface area contributed by atoms with Crippen LogP contribution in [0.3, 0.4) is 0 Å². The van der Waals surface area contributed by atoms with E-state index in [2.05, 4.69) is 368 Å². The standard InChI is InChI=1S/C52H76OSi.C26H34O.C26H36Si.2CH3.2ClH.Zr/c1-31-27-38-40(29-42(51(10,11)12)33(3)44(38)34-19-23-36(24-20-34)49(4,5)6)47(31)54(17,18)48-32(2)28-39-41(48)30-43(52(13,14)15)46(53-16)45(39)35-21-25-37(26-22-35)50(7,8)9;1-16-14-21-20(17(16)2)15-22(26(6,7)8)24(27-9)23(21)18-10-12-19(13-11-18)25(3,4)5;1-16-14-20-21(24(16)27-9)15-22(26(6,7)8)17(2)23(20)18-10-12-19(13-11-18)25(3,4)5;;;;;/h19-26,29-32,38-41,47-48H,27-28H2,1-18H3;10-15,17H,1-9H3;10-15,24H,27H2,1-9H3;2*1H3;2*1H;/q;;;2*-1;;;+4/p-2. The van der Waals surface area contributed by atoms with E-state index in [9.17, 15) is 0 Å². The van der Waals surface area contributed by atoms with E-state index in [0.29, 0.717) is 52.5 Å². The van der Waals surface area contributed by atoms with Crippen molar-refractivity contribution in [2.24, 2.45) is 46.3 Å². The van der Waals surface area contributed by atoms with Crippen LogP contribution in [0.25, 0.3) is 45.6 Å². The van der Waals surface area contributed by atoms with E-state index in [1.54, 1.807) is 35.0 Å². The Kier molecular flexibility index (Phi) is 29.8. The molecule has 0 heterocycles. The molecular formula is C106H152Cl2O2Si2Zr. The van der Waals surface area contributed by atoms with Crippen molar-refractivity contribution in [1.82, 2.24) is 0 Å². The molecule has 0 saturated heterocycles. The molecule has 10 atom stereocenters. The van der Waals surface area contributed by atoms with Crippen LogP contribution in [-0.4, -0.2) is 31.8 Å². The molecule has 0 bridgehead atoms. The third-order valence-electron chi connectivity index (χ3n) is 26.8. The Morgan fingerprint density at radius 2 is 0.770 bits per heavy atom. The fraction of sp³-hybridized carbons (Fsp3) is 0.528. The van der Waals surface area contributed by atoms with Gasteiger partial charge in [-0.2, -0.15) is 0 Å². The predicted octanol–water partition coefficient (Wildman–Crippen LogP) is 31.8. The molecule has 12 rings (SSSR count). The first kappa shape index (κ1) is 95.4. The quantitative estimate of drug-likeness (QED) is 0.106. The molecule has 6 aromatic carbocycles. The van der Waals surface area contributed by atoms with Crippen molar-refractivity contribution in [2.45, 2.75) is 302 Å². The molecule has 10 unspecified atom stereocenters. The second-order valence-electron chi connectivity index (χ2n) is 43.4. The average Bonchev–Trinajstić information content (AvgIpc) is 1.57. The van der Waals surface area contributed by atoms with Crippen LogP contribution in [-0.2, 0) is 58.1 Å². The van der Waals surface area contributed by atoms with Gasteiger partial charge in [0.15, 0.2) is 0 Å². The van der Waals surface area contributed by atoms with E-state index >= 15 is 0 Å². The first-order chi connectivity index (χ1) is 51.1. The molecule has 2 nitrogen and oxygen atoms in total. The Bertz CT molecular complexity index is 4550. The number of allylic oxidation sites excluding steroid dienone is 9. The zero-order chi connectivity index (χ0) is 83.1. The van der Waals surface area contributed by atoms with Gasteiger partial charge in [-0.05, 0) is 242 Å². The topological polar surface area (TPSA) is 18.5 Å². The third-order valence-corrected chi connectivity index (χ3v) is 34.0. The Labute approximate surface area is 715 Å². The number of ether oxygens (including phenoxy) is 2. The number of hydrogen-bond donors (Lipinski definition) is 0. The zero-order valence-corrected chi connectivity index (χ0v) is 84.6. The maximum absolute atomic E-state index is 6.49. The number of benzene rings is 6. The molecule has 0 spiro atoms. The Hall–Kier alpha value is -4.74. The monoisotopic (exact) mass is 1670 g/mol. The van der Waals surface area contributed by atoms with Crippen LogP contribution >= 0.6 is 17.0 Å². The molecule has 0 N–H and O–H groups in total. The van der Waals surface area contributed by atoms with Crippen molar-refractivity contribution in [3.63, 3.8) is 0 Å². The Morgan fingerprint density at radius 1 is 0.425 bits per heavy atom. The Balaban J connectivity index is 0.000000252. The second kappa shape index (κ2) is 35.3. The first-order valence-electron chi connectivity index (χ1n) is 42.2. The van der Waals surface area contributed by atoms with Crippen LogP contribution in [0, 0.1) is 68.1 Å². The van der Waals surface area contributed by atoms with Crippen molar-refractivity contribution in [3.8, 4) is 28.0 Å². The number of hydrogen-bond acceptors (Lipinski definition) is 2. The van der Waals surface area contributed by atoms with Gasteiger partial charge in [0.2, 0.25) is 0 Å². The van der Waals surface area contributed by atoms with E-state index in [1.807, 2.05) is 7.11 Å². The van der Waals surface area contributed by atoms with Gasteiger partial charge >= 0.3 is 37.9 Å². The van der Waals surface area contributed by atoms with Crippen LogP contribution in [0.4, 0.5) is 0 Å². The maximum atomic E-state index is 6.49. The molecular weight excluding hydrogens is 1520 g/mol. The number of halogens is 2. The van der Waals surface area contributed by atoms with Crippen LogP contribution in [0.1, 0.15) is 304 Å². The van der Waals surface area contributed by atoms with Gasteiger partial charge in [0, 0.05) is 32.1 Å². The second-order valence-corrected chi connectivity index (χ2v) is 53.8. The van der Waals surface area contributed by atoms with E-state index in [-0.39, 0.29) is 67.7 Å². The van der Waals surface area contributed by atoms with Gasteiger partial charge in [-0.3, -0.25) is 0 Å². The van der Waals surface area contributed by atoms with Crippen LogP contribution in [0.2, 0.25) is 30.7 Å². The van der Waals surface area contributed by atoms with Crippen molar-refractivity contribution in [1.29, 1.82) is 0 Å². The minimum absolute atomic E-state index is 0. The van der Waals surface area contributed by atoms with Gasteiger partial charge in [0.1, 0.15) is 11.5 Å². The number of methoxy groups -OCH3 is 2. The summed E-state index contributed by atoms with van der Waals surface area (Å²) in [6.45, 7) is 80.9. The van der Waals surface area contributed by atoms with E-state index in [4.69, 9.17) is 26.5 Å². The summed E-state index contributed by atoms with van der Waals surface area (Å²) in [7, 11) is 11.5. The van der Waals surface area contributed by atoms with E-state index in [1.165, 1.54) is 119 Å². The van der Waals surface area contributed by atoms with Gasteiger partial charge in [0.25, 0.3) is 0 Å². The fourth-order valence-electron chi connectivity index (χ4n) is 21.1. The summed E-state index contributed by atoms with van der Waals surface area (Å²) < 4.78 is 12.5. The van der Waals surface area contributed by atoms with Crippen LogP contribution < -0.4 is 4.74 Å². The molecule has 113 heavy (non-hydrogen) atoms. The van der Waals surface area contributed by atoms with Crippen molar-refractivity contribution < 1.29 is 30.3 Å². The summed E-state index contributed by atoms with van der Waals surface area (Å²) in [5.41, 5.74) is 37.5. The van der Waals surface area contributed by atoms with Gasteiger partial charge in [0.05, 0.1) is 22.3 Å². The SMILES string of the molecule is COC1=C(c2ccc(C(C)(C)C)cc2)C2CC(C)C([Si](C)(C)C3C(C)CC4C(c5ccc(C(C)(C)C)cc5)=C(C)C(C(C)(C)C)=CC43)C2C=C1C(C)(C)C.COc1c(C(C)(C)C)cc2c(c1-c1ccc(C(C)(C)C)cc1)C=C(C)C2C.C[SiH2]C1C(C)=Cc2c1cc(C(C)(C)C)c(C)c2-c1ccc(C(C)(C)C)cc1.[CH3-].[CH3-].[Cl][Zr+2][Cl]. The van der Waals surface area contributed by atoms with Crippen molar-refractivity contribution in [2.75, 3.05) is 14.2 Å². The molecule has 0 radical (unpaired) electrons. The summed E-state index contributed by atoms with van der Waals surface area (Å²) in [4.78, 5) is 0. The molecule has 6 aliphatic carbocycles. The summed E-state index contributed by atoms with van der Waals surface area (Å²) in [5.74, 6) is 6.17. The summed E-state index contributed by atoms with van der Waals surface area (Å²) in [6.07, 6.45) is 12.9. The molecule has 0 aliphatic heterocycles. The summed E-state index contributed by atoms with van der Waals surface area (Å²) in [5, 5.41) is 0. The van der Waals surface area contributed by atoms with Gasteiger partial charge in [-0.1, -0.05) is 351 Å². The summed E-state index contributed by atoms with van der Waals surface area (Å²) in [6, 6.07) is 42.6. The molecule has 7 heteroatoms. The first-order valence-corrected chi connectivity index (χ1v) is 53.9. The van der Waals surface area contributed by atoms with Crippen LogP contribution in [0.5, 0.6) is 5.75 Å². The predicted molar refractivity (Wildman–Crippen MR) is 506 cm³/mol. The van der Waals surface area contributed by atoms with Crippen molar-refractivity contribution in [3.05, 3.63) is 242 Å². The molecule has 6 aromatic rings. The zero-order valence-electron chi connectivity index (χ0n) is 78.2. The average molecular weight is 1680 g/mol. The Morgan fingerprint density at radius 3 is 1.13 bits per heavy atom. The molecule has 2 saturated carbocycles. The fourth-order valence-corrected chi connectivity index (χ4v) is 28.9. The number of fused-ring (bicyclic) bond motifs is 4. The minimum atomic E-state index is -1.92.